The lowest BCUT2D eigenvalue weighted by Crippen LogP contribution is -2.38. The lowest BCUT2D eigenvalue weighted by atomic mass is 10.2. The molecule has 116 valence electrons. The molecule has 3 rings (SSSR count). The van der Waals surface area contributed by atoms with Crippen molar-refractivity contribution >= 4 is 5.91 Å². The number of rotatable bonds is 6. The van der Waals surface area contributed by atoms with Gasteiger partial charge in [-0.25, -0.2) is 0 Å². The predicted molar refractivity (Wildman–Crippen MR) is 88.4 cm³/mol. The highest BCUT2D eigenvalue weighted by molar-refractivity contribution is 5.81. The Labute approximate surface area is 132 Å². The van der Waals surface area contributed by atoms with Crippen molar-refractivity contribution in [3.8, 4) is 0 Å². The summed E-state index contributed by atoms with van der Waals surface area (Å²) in [6.07, 6.45) is 4.22. The van der Waals surface area contributed by atoms with Gasteiger partial charge in [0.15, 0.2) is 0 Å². The number of benzene rings is 1. The molecule has 22 heavy (non-hydrogen) atoms. The molecule has 1 aromatic carbocycles. The van der Waals surface area contributed by atoms with Gasteiger partial charge in [-0.05, 0) is 44.4 Å². The molecule has 0 bridgehead atoms. The standard InChI is InChI=1S/C19H24N2O/c1-15(2)21(19(22)17-10-11-17)14-18-9-6-12-20(18)13-16-7-4-3-5-8-16/h3-9,12,15,17H,10-11,13-14H2,1-2H3. The molecule has 1 aliphatic carbocycles. The van der Waals surface area contributed by atoms with Crippen molar-refractivity contribution in [3.63, 3.8) is 0 Å². The maximum atomic E-state index is 12.5. The highest BCUT2D eigenvalue weighted by Crippen LogP contribution is 2.32. The molecular weight excluding hydrogens is 272 g/mol. The first kappa shape index (κ1) is 14.9. The molecule has 1 aliphatic rings. The number of carbonyl (C=O) groups is 1. The molecule has 3 nitrogen and oxygen atoms in total. The van der Waals surface area contributed by atoms with Crippen molar-refractivity contribution in [2.45, 2.75) is 45.8 Å². The van der Waals surface area contributed by atoms with Crippen molar-refractivity contribution in [2.75, 3.05) is 0 Å². The Kier molecular flexibility index (Phi) is 4.32. The van der Waals surface area contributed by atoms with E-state index in [1.165, 1.54) is 11.3 Å². The SMILES string of the molecule is CC(C)N(Cc1cccn1Cc1ccccc1)C(=O)C1CC1. The third kappa shape index (κ3) is 3.41. The molecule has 0 aliphatic heterocycles. The summed E-state index contributed by atoms with van der Waals surface area (Å²) in [7, 11) is 0. The number of carbonyl (C=O) groups excluding carboxylic acids is 1. The number of hydrogen-bond acceptors (Lipinski definition) is 1. The van der Waals surface area contributed by atoms with Crippen LogP contribution in [-0.2, 0) is 17.9 Å². The molecule has 1 aromatic heterocycles. The van der Waals surface area contributed by atoms with Crippen molar-refractivity contribution in [3.05, 3.63) is 59.9 Å². The third-order valence-electron chi connectivity index (χ3n) is 4.28. The smallest absolute Gasteiger partial charge is 0.226 e. The maximum absolute atomic E-state index is 12.5. The van der Waals surface area contributed by atoms with Crippen LogP contribution in [0.15, 0.2) is 48.7 Å². The molecule has 0 atom stereocenters. The van der Waals surface area contributed by atoms with Gasteiger partial charge in [-0.1, -0.05) is 30.3 Å². The average Bonchev–Trinajstić information content (AvgIpc) is 3.27. The summed E-state index contributed by atoms with van der Waals surface area (Å²) < 4.78 is 2.24. The zero-order valence-electron chi connectivity index (χ0n) is 13.4. The van der Waals surface area contributed by atoms with Crippen LogP contribution in [0, 0.1) is 5.92 Å². The molecule has 1 fully saturated rings. The Hall–Kier alpha value is -2.03. The fourth-order valence-electron chi connectivity index (χ4n) is 2.78. The normalized spacial score (nSPS) is 14.3. The van der Waals surface area contributed by atoms with Gasteiger partial charge in [0.1, 0.15) is 0 Å². The maximum Gasteiger partial charge on any atom is 0.226 e. The van der Waals surface area contributed by atoms with E-state index in [4.69, 9.17) is 0 Å². The second-order valence-corrected chi connectivity index (χ2v) is 6.45. The average molecular weight is 296 g/mol. The summed E-state index contributed by atoms with van der Waals surface area (Å²) in [6.45, 7) is 5.76. The van der Waals surface area contributed by atoms with Crippen LogP contribution in [0.2, 0.25) is 0 Å². The summed E-state index contributed by atoms with van der Waals surface area (Å²) >= 11 is 0. The lowest BCUT2D eigenvalue weighted by Gasteiger charge is -2.27. The van der Waals surface area contributed by atoms with E-state index in [-0.39, 0.29) is 12.0 Å². The van der Waals surface area contributed by atoms with Gasteiger partial charge < -0.3 is 9.47 Å². The Morgan fingerprint density at radius 1 is 1.18 bits per heavy atom. The van der Waals surface area contributed by atoms with E-state index in [1.54, 1.807) is 0 Å². The molecule has 1 amide bonds. The number of nitrogens with zero attached hydrogens (tertiary/aromatic N) is 2. The van der Waals surface area contributed by atoms with Crippen LogP contribution in [0.3, 0.4) is 0 Å². The summed E-state index contributed by atoms with van der Waals surface area (Å²) in [5, 5.41) is 0. The highest BCUT2D eigenvalue weighted by Gasteiger charge is 2.34. The topological polar surface area (TPSA) is 25.2 Å². The number of amides is 1. The van der Waals surface area contributed by atoms with Crippen LogP contribution in [-0.4, -0.2) is 21.4 Å². The van der Waals surface area contributed by atoms with Gasteiger partial charge in [-0.15, -0.1) is 0 Å². The van der Waals surface area contributed by atoms with E-state index >= 15 is 0 Å². The summed E-state index contributed by atoms with van der Waals surface area (Å²) in [5.41, 5.74) is 2.48. The highest BCUT2D eigenvalue weighted by atomic mass is 16.2. The lowest BCUT2D eigenvalue weighted by molar-refractivity contribution is -0.135. The molecule has 0 radical (unpaired) electrons. The number of aromatic nitrogens is 1. The van der Waals surface area contributed by atoms with Gasteiger partial charge in [0.2, 0.25) is 5.91 Å². The van der Waals surface area contributed by atoms with E-state index in [0.29, 0.717) is 12.5 Å². The van der Waals surface area contributed by atoms with Gasteiger partial charge in [-0.3, -0.25) is 4.79 Å². The minimum Gasteiger partial charge on any atom is -0.345 e. The fourth-order valence-corrected chi connectivity index (χ4v) is 2.78. The molecular formula is C19H24N2O. The second-order valence-electron chi connectivity index (χ2n) is 6.45. The predicted octanol–water partition coefficient (Wildman–Crippen LogP) is 3.68. The molecule has 0 saturated heterocycles. The first-order chi connectivity index (χ1) is 10.6. The van der Waals surface area contributed by atoms with Crippen LogP contribution >= 0.6 is 0 Å². The fraction of sp³-hybridized carbons (Fsp3) is 0.421. The molecule has 1 heterocycles. The minimum absolute atomic E-state index is 0.244. The summed E-state index contributed by atoms with van der Waals surface area (Å²) in [4.78, 5) is 14.5. The van der Waals surface area contributed by atoms with Crippen molar-refractivity contribution in [1.29, 1.82) is 0 Å². The largest absolute Gasteiger partial charge is 0.345 e. The second kappa shape index (κ2) is 6.39. The van der Waals surface area contributed by atoms with E-state index in [0.717, 1.165) is 19.4 Å². The summed E-state index contributed by atoms with van der Waals surface area (Å²) in [5.74, 6) is 0.599. The quantitative estimate of drug-likeness (QED) is 0.798. The van der Waals surface area contributed by atoms with Crippen LogP contribution in [0.1, 0.15) is 37.9 Å². The zero-order valence-corrected chi connectivity index (χ0v) is 13.4. The van der Waals surface area contributed by atoms with Gasteiger partial charge in [0.05, 0.1) is 6.54 Å². The van der Waals surface area contributed by atoms with Gasteiger partial charge in [0.25, 0.3) is 0 Å². The Bertz CT molecular complexity index is 626. The first-order valence-electron chi connectivity index (χ1n) is 8.13. The molecule has 0 spiro atoms. The minimum atomic E-state index is 0.244. The van der Waals surface area contributed by atoms with Gasteiger partial charge in [0, 0.05) is 30.4 Å². The van der Waals surface area contributed by atoms with Gasteiger partial charge in [-0.2, -0.15) is 0 Å². The van der Waals surface area contributed by atoms with E-state index in [1.807, 2.05) is 11.0 Å². The van der Waals surface area contributed by atoms with E-state index in [2.05, 4.69) is 61.0 Å². The summed E-state index contributed by atoms with van der Waals surface area (Å²) in [6, 6.07) is 14.9. The van der Waals surface area contributed by atoms with E-state index < -0.39 is 0 Å². The molecule has 0 unspecified atom stereocenters. The van der Waals surface area contributed by atoms with Crippen LogP contribution in [0.5, 0.6) is 0 Å². The Morgan fingerprint density at radius 3 is 2.55 bits per heavy atom. The third-order valence-corrected chi connectivity index (χ3v) is 4.28. The molecule has 1 saturated carbocycles. The van der Waals surface area contributed by atoms with Gasteiger partial charge >= 0.3 is 0 Å². The first-order valence-corrected chi connectivity index (χ1v) is 8.13. The number of hydrogen-bond donors (Lipinski definition) is 0. The van der Waals surface area contributed by atoms with Crippen molar-refractivity contribution in [1.82, 2.24) is 9.47 Å². The zero-order chi connectivity index (χ0) is 15.5. The molecule has 3 heteroatoms. The molecule has 0 N–H and O–H groups in total. The Balaban J connectivity index is 1.74. The van der Waals surface area contributed by atoms with Crippen molar-refractivity contribution < 1.29 is 4.79 Å². The van der Waals surface area contributed by atoms with Crippen molar-refractivity contribution in [2.24, 2.45) is 5.92 Å². The van der Waals surface area contributed by atoms with Crippen LogP contribution in [0.4, 0.5) is 0 Å². The molecule has 2 aromatic rings. The van der Waals surface area contributed by atoms with Crippen LogP contribution in [0.25, 0.3) is 0 Å². The van der Waals surface area contributed by atoms with Crippen LogP contribution < -0.4 is 0 Å². The van der Waals surface area contributed by atoms with E-state index in [9.17, 15) is 4.79 Å². The monoisotopic (exact) mass is 296 g/mol. The Morgan fingerprint density at radius 2 is 1.91 bits per heavy atom.